The number of rotatable bonds is 2. The maximum atomic E-state index is 13.4. The van der Waals surface area contributed by atoms with Gasteiger partial charge in [0, 0.05) is 36.6 Å². The third-order valence-electron chi connectivity index (χ3n) is 6.01. The van der Waals surface area contributed by atoms with Gasteiger partial charge in [-0.1, -0.05) is 0 Å². The van der Waals surface area contributed by atoms with Gasteiger partial charge in [-0.05, 0) is 37.6 Å². The van der Waals surface area contributed by atoms with Crippen molar-refractivity contribution in [2.24, 2.45) is 0 Å². The first-order chi connectivity index (χ1) is 15.7. The number of hydrogen-bond donors (Lipinski definition) is 1. The Morgan fingerprint density at radius 2 is 2.06 bits per heavy atom. The van der Waals surface area contributed by atoms with Gasteiger partial charge in [0.15, 0.2) is 11.6 Å². The summed E-state index contributed by atoms with van der Waals surface area (Å²) in [6.07, 6.45) is 4.26. The highest BCUT2D eigenvalue weighted by molar-refractivity contribution is 6.04. The van der Waals surface area contributed by atoms with Crippen molar-refractivity contribution in [3.8, 4) is 22.9 Å². The van der Waals surface area contributed by atoms with E-state index < -0.39 is 0 Å². The maximum absolute atomic E-state index is 13.4. The van der Waals surface area contributed by atoms with Crippen molar-refractivity contribution >= 4 is 23.2 Å². The third kappa shape index (κ3) is 3.17. The number of ether oxygens (including phenoxy) is 2. The normalized spacial score (nSPS) is 18.3. The van der Waals surface area contributed by atoms with Crippen molar-refractivity contribution in [2.75, 3.05) is 41.4 Å². The van der Waals surface area contributed by atoms with Crippen LogP contribution >= 0.6 is 0 Å². The molecule has 3 aliphatic heterocycles. The second kappa shape index (κ2) is 7.37. The molecule has 0 saturated carbocycles. The molecular formula is C23H22N6O3. The molecule has 1 N–H and O–H groups in total. The van der Waals surface area contributed by atoms with E-state index >= 15 is 0 Å². The minimum absolute atomic E-state index is 0.0644. The summed E-state index contributed by atoms with van der Waals surface area (Å²) in [5.41, 5.74) is 4.25. The number of hydrogen-bond acceptors (Lipinski definition) is 7. The minimum atomic E-state index is -0.230. The van der Waals surface area contributed by atoms with Crippen LogP contribution in [0, 0.1) is 6.92 Å². The molecule has 6 heterocycles. The molecular weight excluding hydrogens is 408 g/mol. The first kappa shape index (κ1) is 18.9. The average Bonchev–Trinajstić information content (AvgIpc) is 3.23. The lowest BCUT2D eigenvalue weighted by Gasteiger charge is -2.36. The second-order valence-electron chi connectivity index (χ2n) is 8.14. The summed E-state index contributed by atoms with van der Waals surface area (Å²) < 4.78 is 11.1. The van der Waals surface area contributed by atoms with Gasteiger partial charge in [-0.3, -0.25) is 9.88 Å². The Labute approximate surface area is 185 Å². The summed E-state index contributed by atoms with van der Waals surface area (Å²) in [7, 11) is 0. The predicted octanol–water partition coefficient (Wildman–Crippen LogP) is 3.25. The van der Waals surface area contributed by atoms with Gasteiger partial charge in [-0.15, -0.1) is 0 Å². The van der Waals surface area contributed by atoms with Crippen LogP contribution in [0.3, 0.4) is 0 Å². The number of nitrogens with one attached hydrogen (secondary N) is 1. The minimum Gasteiger partial charge on any atom is -0.484 e. The number of carbonyl (C=O) groups excluding carboxylic acids is 1. The molecule has 9 heteroatoms. The van der Waals surface area contributed by atoms with E-state index in [1.54, 1.807) is 23.4 Å². The monoisotopic (exact) mass is 430 g/mol. The molecule has 3 aromatic rings. The van der Waals surface area contributed by atoms with Crippen molar-refractivity contribution < 1.29 is 14.3 Å². The van der Waals surface area contributed by atoms with Crippen LogP contribution in [0.25, 0.3) is 11.3 Å². The van der Waals surface area contributed by atoms with Crippen molar-refractivity contribution in [2.45, 2.75) is 19.4 Å². The van der Waals surface area contributed by atoms with E-state index in [4.69, 9.17) is 14.5 Å². The predicted molar refractivity (Wildman–Crippen MR) is 120 cm³/mol. The van der Waals surface area contributed by atoms with Gasteiger partial charge in [-0.2, -0.15) is 0 Å². The van der Waals surface area contributed by atoms with Crippen molar-refractivity contribution in [3.63, 3.8) is 0 Å². The lowest BCUT2D eigenvalue weighted by atomic mass is 10.1. The van der Waals surface area contributed by atoms with Crippen LogP contribution in [0.5, 0.6) is 11.6 Å². The van der Waals surface area contributed by atoms with Crippen LogP contribution in [0.2, 0.25) is 0 Å². The van der Waals surface area contributed by atoms with Crippen LogP contribution in [0.4, 0.5) is 22.0 Å². The standard InChI is InChI=1S/C23H22N6O3/c1-14-10-15(4-6-24-14)18-2-3-19-21(27-18)29(17-5-7-28(19)13-17)23(30)26-16-11-20-22(25-12-16)32-9-8-31-20/h2-4,6,10-12,17H,5,7-9,13H2,1H3,(H,26,30)/t17-/m0/s1. The second-order valence-corrected chi connectivity index (χ2v) is 8.14. The van der Waals surface area contributed by atoms with Crippen molar-refractivity contribution in [1.82, 2.24) is 15.0 Å². The van der Waals surface area contributed by atoms with Gasteiger partial charge in [-0.25, -0.2) is 14.8 Å². The van der Waals surface area contributed by atoms with Crippen LogP contribution in [0.15, 0.2) is 42.7 Å². The maximum Gasteiger partial charge on any atom is 0.327 e. The lowest BCUT2D eigenvalue weighted by molar-refractivity contribution is 0.164. The zero-order valence-corrected chi connectivity index (χ0v) is 17.6. The Balaban J connectivity index is 1.34. The summed E-state index contributed by atoms with van der Waals surface area (Å²) >= 11 is 0. The van der Waals surface area contributed by atoms with Crippen LogP contribution < -0.4 is 24.6 Å². The zero-order chi connectivity index (χ0) is 21.7. The molecule has 9 nitrogen and oxygen atoms in total. The highest BCUT2D eigenvalue weighted by Crippen LogP contribution is 2.40. The number of carbonyl (C=O) groups is 1. The smallest absolute Gasteiger partial charge is 0.327 e. The molecule has 0 unspecified atom stereocenters. The number of nitrogens with zero attached hydrogens (tertiary/aromatic N) is 5. The summed E-state index contributed by atoms with van der Waals surface area (Å²) in [4.78, 5) is 31.0. The van der Waals surface area contributed by atoms with Crippen LogP contribution in [-0.4, -0.2) is 53.3 Å². The number of urea groups is 1. The largest absolute Gasteiger partial charge is 0.484 e. The molecule has 32 heavy (non-hydrogen) atoms. The van der Waals surface area contributed by atoms with Gasteiger partial charge in [0.25, 0.3) is 5.88 Å². The van der Waals surface area contributed by atoms with Gasteiger partial charge in [0.05, 0.1) is 29.3 Å². The number of pyridine rings is 3. The highest BCUT2D eigenvalue weighted by Gasteiger charge is 2.40. The lowest BCUT2D eigenvalue weighted by Crippen LogP contribution is -2.48. The van der Waals surface area contributed by atoms with Gasteiger partial charge in [0.1, 0.15) is 13.2 Å². The Bertz CT molecular complexity index is 1220. The molecule has 2 amide bonds. The molecule has 6 rings (SSSR count). The molecule has 162 valence electrons. The fourth-order valence-electron chi connectivity index (χ4n) is 4.52. The van der Waals surface area contributed by atoms with E-state index in [1.807, 2.05) is 25.1 Å². The number of fused-ring (bicyclic) bond motifs is 5. The molecule has 0 spiro atoms. The van der Waals surface area contributed by atoms with Crippen LogP contribution in [-0.2, 0) is 0 Å². The SMILES string of the molecule is Cc1cc(-c2ccc3c(n2)N(C(=O)Nc2cnc4c(c2)OCCO4)[C@H]2CCN3C2)ccn1. The van der Waals surface area contributed by atoms with E-state index in [0.29, 0.717) is 36.3 Å². The quantitative estimate of drug-likeness (QED) is 0.667. The summed E-state index contributed by atoms with van der Waals surface area (Å²) in [6.45, 7) is 4.59. The Morgan fingerprint density at radius 3 is 2.97 bits per heavy atom. The Kier molecular flexibility index (Phi) is 4.34. The topological polar surface area (TPSA) is 92.7 Å². The Hall–Kier alpha value is -3.88. The number of aryl methyl sites for hydroxylation is 1. The summed E-state index contributed by atoms with van der Waals surface area (Å²) in [5.74, 6) is 1.66. The molecule has 0 aliphatic carbocycles. The molecule has 0 aromatic carbocycles. The number of anilines is 3. The molecule has 3 aliphatic rings. The first-order valence-corrected chi connectivity index (χ1v) is 10.7. The van der Waals surface area contributed by atoms with E-state index in [1.165, 1.54) is 0 Å². The van der Waals surface area contributed by atoms with Gasteiger partial charge in [0.2, 0.25) is 0 Å². The van der Waals surface area contributed by atoms with Crippen molar-refractivity contribution in [3.05, 3.63) is 48.4 Å². The molecule has 1 saturated heterocycles. The van der Waals surface area contributed by atoms with E-state index in [0.717, 1.165) is 42.1 Å². The third-order valence-corrected chi connectivity index (χ3v) is 6.01. The molecule has 0 radical (unpaired) electrons. The average molecular weight is 430 g/mol. The van der Waals surface area contributed by atoms with Crippen LogP contribution in [0.1, 0.15) is 12.1 Å². The summed E-state index contributed by atoms with van der Waals surface area (Å²) in [5, 5.41) is 2.97. The molecule has 3 aromatic heterocycles. The number of amides is 2. The van der Waals surface area contributed by atoms with E-state index in [2.05, 4.69) is 26.3 Å². The van der Waals surface area contributed by atoms with Gasteiger partial charge < -0.3 is 19.7 Å². The summed E-state index contributed by atoms with van der Waals surface area (Å²) in [6, 6.07) is 9.58. The molecule has 1 atom stereocenters. The highest BCUT2D eigenvalue weighted by atomic mass is 16.6. The first-order valence-electron chi connectivity index (χ1n) is 10.7. The molecule has 1 fully saturated rings. The fraction of sp³-hybridized carbons (Fsp3) is 0.304. The molecule has 2 bridgehead atoms. The van der Waals surface area contributed by atoms with Crippen molar-refractivity contribution in [1.29, 1.82) is 0 Å². The Morgan fingerprint density at radius 1 is 1.16 bits per heavy atom. The zero-order valence-electron chi connectivity index (χ0n) is 17.6. The fourth-order valence-corrected chi connectivity index (χ4v) is 4.52. The van der Waals surface area contributed by atoms with E-state index in [-0.39, 0.29) is 12.1 Å². The van der Waals surface area contributed by atoms with Gasteiger partial charge >= 0.3 is 6.03 Å². The van der Waals surface area contributed by atoms with E-state index in [9.17, 15) is 4.79 Å². The number of aromatic nitrogens is 3.